The van der Waals surface area contributed by atoms with Crippen LogP contribution >= 0.6 is 12.4 Å². The number of piperidine rings is 1. The average Bonchev–Trinajstić information content (AvgIpc) is 3.18. The summed E-state index contributed by atoms with van der Waals surface area (Å²) < 4.78 is 41.1. The van der Waals surface area contributed by atoms with Gasteiger partial charge in [-0.3, -0.25) is 10.1 Å². The van der Waals surface area contributed by atoms with Gasteiger partial charge in [0, 0.05) is 55.2 Å². The van der Waals surface area contributed by atoms with E-state index in [1.54, 1.807) is 12.3 Å². The van der Waals surface area contributed by atoms with E-state index in [1.807, 2.05) is 32.9 Å². The third-order valence-electron chi connectivity index (χ3n) is 6.31. The number of carbonyl (C=O) groups excluding carboxylic acids is 1. The van der Waals surface area contributed by atoms with Crippen molar-refractivity contribution in [1.29, 1.82) is 0 Å². The molecular weight excluding hydrogens is 453 g/mol. The van der Waals surface area contributed by atoms with Gasteiger partial charge in [0.15, 0.2) is 0 Å². The fraction of sp³-hybridized carbons (Fsp3) is 0.542. The van der Waals surface area contributed by atoms with Gasteiger partial charge in [0.05, 0.1) is 6.04 Å². The zero-order valence-corrected chi connectivity index (χ0v) is 19.8. The van der Waals surface area contributed by atoms with E-state index in [4.69, 9.17) is 4.98 Å². The predicted octanol–water partition coefficient (Wildman–Crippen LogP) is 4.78. The maximum Gasteiger partial charge on any atom is 0.251 e. The number of aromatic nitrogens is 2. The van der Waals surface area contributed by atoms with Crippen molar-refractivity contribution in [2.75, 3.05) is 13.1 Å². The highest BCUT2D eigenvalue weighted by molar-refractivity contribution is 5.85. The summed E-state index contributed by atoms with van der Waals surface area (Å²) in [4.78, 5) is 23.9. The number of alkyl halides is 2. The van der Waals surface area contributed by atoms with Crippen molar-refractivity contribution < 1.29 is 18.0 Å². The summed E-state index contributed by atoms with van der Waals surface area (Å²) in [6, 6.07) is 7.28. The molecule has 33 heavy (non-hydrogen) atoms. The lowest BCUT2D eigenvalue weighted by Crippen LogP contribution is -2.49. The fourth-order valence-electron chi connectivity index (χ4n) is 4.50. The summed E-state index contributed by atoms with van der Waals surface area (Å²) >= 11 is 0. The topological polar surface area (TPSA) is 58.1 Å². The van der Waals surface area contributed by atoms with Crippen LogP contribution in [0.4, 0.5) is 13.2 Å². The molecule has 2 aliphatic rings. The van der Waals surface area contributed by atoms with Gasteiger partial charge < -0.3 is 4.90 Å². The molecule has 2 fully saturated rings. The normalized spacial score (nSPS) is 24.9. The molecule has 0 radical (unpaired) electrons. The summed E-state index contributed by atoms with van der Waals surface area (Å²) in [5.41, 5.74) is 1.27. The van der Waals surface area contributed by atoms with Crippen LogP contribution in [-0.4, -0.2) is 45.8 Å². The molecule has 1 amide bonds. The van der Waals surface area contributed by atoms with Gasteiger partial charge in [-0.1, -0.05) is 32.9 Å². The number of likely N-dealkylation sites (tertiary alicyclic amines) is 1. The third kappa shape index (κ3) is 5.66. The van der Waals surface area contributed by atoms with Crippen LogP contribution in [0.3, 0.4) is 0 Å². The Morgan fingerprint density at radius 3 is 2.52 bits per heavy atom. The Morgan fingerprint density at radius 2 is 1.88 bits per heavy atom. The monoisotopic (exact) mass is 482 g/mol. The molecule has 0 saturated carbocycles. The zero-order valence-electron chi connectivity index (χ0n) is 19.0. The molecule has 3 heterocycles. The van der Waals surface area contributed by atoms with E-state index in [1.165, 1.54) is 17.0 Å². The number of nitrogens with one attached hydrogen (secondary N) is 1. The van der Waals surface area contributed by atoms with Crippen LogP contribution in [0.1, 0.15) is 69.1 Å². The van der Waals surface area contributed by atoms with Crippen LogP contribution in [0.25, 0.3) is 0 Å². The van der Waals surface area contributed by atoms with Gasteiger partial charge in [-0.15, -0.1) is 12.4 Å². The van der Waals surface area contributed by atoms with Crippen molar-refractivity contribution in [2.45, 2.75) is 69.4 Å². The van der Waals surface area contributed by atoms with Crippen LogP contribution in [-0.2, 0) is 10.2 Å². The van der Waals surface area contributed by atoms with Gasteiger partial charge in [-0.25, -0.2) is 23.1 Å². The highest BCUT2D eigenvalue weighted by Crippen LogP contribution is 2.41. The maximum atomic E-state index is 14.0. The Hall–Kier alpha value is -2.19. The smallest absolute Gasteiger partial charge is 0.251 e. The summed E-state index contributed by atoms with van der Waals surface area (Å²) in [5, 5.41) is 3.35. The van der Waals surface area contributed by atoms with E-state index in [2.05, 4.69) is 10.3 Å². The third-order valence-corrected chi connectivity index (χ3v) is 6.31. The quantitative estimate of drug-likeness (QED) is 0.684. The number of carbonyl (C=O) groups is 1. The van der Waals surface area contributed by atoms with Crippen molar-refractivity contribution in [3.63, 3.8) is 0 Å². The first-order valence-corrected chi connectivity index (χ1v) is 11.0. The summed E-state index contributed by atoms with van der Waals surface area (Å²) in [6.07, 6.45) is 1.53. The Labute approximate surface area is 198 Å². The molecule has 180 valence electrons. The van der Waals surface area contributed by atoms with Crippen LogP contribution in [0.2, 0.25) is 0 Å². The predicted molar refractivity (Wildman–Crippen MR) is 122 cm³/mol. The second-order valence-electron chi connectivity index (χ2n) is 9.83. The Kier molecular flexibility index (Phi) is 7.39. The number of hydrogen-bond donors (Lipinski definition) is 1. The molecule has 4 rings (SSSR count). The van der Waals surface area contributed by atoms with E-state index in [0.717, 1.165) is 11.3 Å². The molecule has 2 aliphatic heterocycles. The Bertz CT molecular complexity index is 988. The molecule has 1 aromatic carbocycles. The van der Waals surface area contributed by atoms with Crippen molar-refractivity contribution >= 4 is 18.3 Å². The maximum absolute atomic E-state index is 14.0. The molecule has 0 aliphatic carbocycles. The number of amides is 1. The number of hydrogen-bond acceptors (Lipinski definition) is 4. The minimum atomic E-state index is -2.71. The molecule has 1 N–H and O–H groups in total. The van der Waals surface area contributed by atoms with Crippen molar-refractivity contribution in [3.8, 4) is 0 Å². The lowest BCUT2D eigenvalue weighted by atomic mass is 9.89. The number of rotatable bonds is 3. The molecule has 2 aromatic rings. The van der Waals surface area contributed by atoms with Crippen LogP contribution in [0, 0.1) is 5.82 Å². The Morgan fingerprint density at radius 1 is 1.18 bits per heavy atom. The molecule has 3 atom stereocenters. The zero-order chi connectivity index (χ0) is 23.1. The van der Waals surface area contributed by atoms with Crippen LogP contribution < -0.4 is 5.32 Å². The first-order chi connectivity index (χ1) is 15.0. The summed E-state index contributed by atoms with van der Waals surface area (Å²) in [6.45, 7) is 6.17. The standard InChI is InChI=1S/C24H29F3N4O.ClH/c1-23(2,3)22-28-10-7-18(30-22)17-14-19(21(32)31-11-8-24(26,27)9-12-31)29-20(17)15-5-4-6-16(25)13-15;/h4-7,10,13,17,19-20,29H,8-9,11-12,14H2,1-3H3;1H/t17-,19+,20+;/m1./s1. The molecule has 5 nitrogen and oxygen atoms in total. The van der Waals surface area contributed by atoms with Crippen molar-refractivity contribution in [2.24, 2.45) is 0 Å². The molecule has 0 bridgehead atoms. The molecule has 2 saturated heterocycles. The van der Waals surface area contributed by atoms with E-state index >= 15 is 0 Å². The number of halogens is 4. The minimum Gasteiger partial charge on any atom is -0.341 e. The van der Waals surface area contributed by atoms with E-state index in [9.17, 15) is 18.0 Å². The first-order valence-electron chi connectivity index (χ1n) is 11.0. The lowest BCUT2D eigenvalue weighted by Gasteiger charge is -2.33. The highest BCUT2D eigenvalue weighted by Gasteiger charge is 2.43. The van der Waals surface area contributed by atoms with Gasteiger partial charge in [-0.2, -0.15) is 0 Å². The summed E-state index contributed by atoms with van der Waals surface area (Å²) in [7, 11) is 0. The average molecular weight is 483 g/mol. The van der Waals surface area contributed by atoms with E-state index in [-0.39, 0.29) is 67.4 Å². The second kappa shape index (κ2) is 9.58. The van der Waals surface area contributed by atoms with Crippen LogP contribution in [0.15, 0.2) is 36.5 Å². The molecule has 1 aromatic heterocycles. The number of nitrogens with zero attached hydrogens (tertiary/aromatic N) is 3. The molecule has 0 spiro atoms. The van der Waals surface area contributed by atoms with Gasteiger partial charge in [0.2, 0.25) is 5.91 Å². The summed E-state index contributed by atoms with van der Waals surface area (Å²) in [5.74, 6) is -2.73. The fourth-order valence-corrected chi connectivity index (χ4v) is 4.50. The minimum absolute atomic E-state index is 0. The van der Waals surface area contributed by atoms with Crippen LogP contribution in [0.5, 0.6) is 0 Å². The van der Waals surface area contributed by atoms with Crippen molar-refractivity contribution in [1.82, 2.24) is 20.2 Å². The van der Waals surface area contributed by atoms with Gasteiger partial charge >= 0.3 is 0 Å². The molecule has 0 unspecified atom stereocenters. The second-order valence-corrected chi connectivity index (χ2v) is 9.83. The Balaban J connectivity index is 0.00000306. The highest BCUT2D eigenvalue weighted by atomic mass is 35.5. The molecule has 9 heteroatoms. The van der Waals surface area contributed by atoms with Gasteiger partial charge in [-0.05, 0) is 30.2 Å². The molecular formula is C24H30ClF3N4O. The SMILES string of the molecule is CC(C)(C)c1nccc([C@H]2C[C@@H](C(=O)N3CCC(F)(F)CC3)N[C@H]2c2cccc(F)c2)n1.Cl. The lowest BCUT2D eigenvalue weighted by molar-refractivity contribution is -0.139. The van der Waals surface area contributed by atoms with E-state index in [0.29, 0.717) is 12.2 Å². The van der Waals surface area contributed by atoms with E-state index < -0.39 is 12.0 Å². The van der Waals surface area contributed by atoms with Gasteiger partial charge in [0.25, 0.3) is 5.92 Å². The number of benzene rings is 1. The first kappa shape index (κ1) is 25.4. The van der Waals surface area contributed by atoms with Gasteiger partial charge in [0.1, 0.15) is 11.6 Å². The largest absolute Gasteiger partial charge is 0.341 e. The van der Waals surface area contributed by atoms with Crippen molar-refractivity contribution in [3.05, 3.63) is 59.4 Å².